The lowest BCUT2D eigenvalue weighted by Gasteiger charge is -2.14. The van der Waals surface area contributed by atoms with Crippen LogP contribution in [0, 0.1) is 12.8 Å². The van der Waals surface area contributed by atoms with Crippen LogP contribution in [0.5, 0.6) is 0 Å². The lowest BCUT2D eigenvalue weighted by Crippen LogP contribution is -2.31. The largest absolute Gasteiger partial charge is 0.355 e. The molecule has 0 aliphatic rings. The van der Waals surface area contributed by atoms with E-state index < -0.39 is 0 Å². The number of carbonyl (C=O) groups excluding carboxylic acids is 1. The zero-order chi connectivity index (χ0) is 13.5. The van der Waals surface area contributed by atoms with Crippen molar-refractivity contribution < 1.29 is 4.79 Å². The Balaban J connectivity index is 2.32. The molecule has 1 amide bonds. The van der Waals surface area contributed by atoms with Crippen LogP contribution in [-0.4, -0.2) is 17.3 Å². The highest BCUT2D eigenvalue weighted by atomic mass is 79.9. The van der Waals surface area contributed by atoms with Crippen LogP contribution in [0.3, 0.4) is 0 Å². The summed E-state index contributed by atoms with van der Waals surface area (Å²) in [6, 6.07) is 8.22. The molecule has 0 spiro atoms. The van der Waals surface area contributed by atoms with Gasteiger partial charge in [0.25, 0.3) is 0 Å². The van der Waals surface area contributed by atoms with E-state index in [4.69, 9.17) is 0 Å². The van der Waals surface area contributed by atoms with Crippen molar-refractivity contribution in [2.24, 2.45) is 5.92 Å². The zero-order valence-electron chi connectivity index (χ0n) is 11.4. The second kappa shape index (κ2) is 7.57. The molecule has 2 nitrogen and oxygen atoms in total. The van der Waals surface area contributed by atoms with E-state index in [9.17, 15) is 4.79 Å². The molecule has 0 bridgehead atoms. The zero-order valence-corrected chi connectivity index (χ0v) is 13.0. The number of halogens is 1. The van der Waals surface area contributed by atoms with Crippen molar-refractivity contribution in [1.82, 2.24) is 5.32 Å². The molecule has 1 unspecified atom stereocenters. The lowest BCUT2D eigenvalue weighted by molar-refractivity contribution is -0.121. The predicted molar refractivity (Wildman–Crippen MR) is 80.1 cm³/mol. The van der Waals surface area contributed by atoms with Crippen LogP contribution in [0.4, 0.5) is 0 Å². The SMILES string of the molecule is Cc1ccccc1CCC(=O)NCC(Br)C(C)C. The monoisotopic (exact) mass is 311 g/mol. The smallest absolute Gasteiger partial charge is 0.220 e. The van der Waals surface area contributed by atoms with Gasteiger partial charge in [0.1, 0.15) is 0 Å². The van der Waals surface area contributed by atoms with Gasteiger partial charge in [-0.3, -0.25) is 4.79 Å². The van der Waals surface area contributed by atoms with Crippen LogP contribution in [0.2, 0.25) is 0 Å². The van der Waals surface area contributed by atoms with Crippen LogP contribution >= 0.6 is 15.9 Å². The fourth-order valence-corrected chi connectivity index (χ4v) is 1.84. The van der Waals surface area contributed by atoms with Crippen molar-refractivity contribution in [3.05, 3.63) is 35.4 Å². The molecular formula is C15H22BrNO. The van der Waals surface area contributed by atoms with Gasteiger partial charge in [-0.25, -0.2) is 0 Å². The molecule has 0 saturated heterocycles. The van der Waals surface area contributed by atoms with Crippen LogP contribution in [0.15, 0.2) is 24.3 Å². The Labute approximate surface area is 118 Å². The van der Waals surface area contributed by atoms with E-state index in [1.165, 1.54) is 11.1 Å². The van der Waals surface area contributed by atoms with Gasteiger partial charge in [0.2, 0.25) is 5.91 Å². The quantitative estimate of drug-likeness (QED) is 0.801. The van der Waals surface area contributed by atoms with Crippen LogP contribution in [0.1, 0.15) is 31.4 Å². The molecule has 1 aromatic rings. The first-order chi connectivity index (χ1) is 8.50. The number of amides is 1. The van der Waals surface area contributed by atoms with Gasteiger partial charge < -0.3 is 5.32 Å². The van der Waals surface area contributed by atoms with Crippen LogP contribution < -0.4 is 5.32 Å². The highest BCUT2D eigenvalue weighted by Gasteiger charge is 2.10. The van der Waals surface area contributed by atoms with Gasteiger partial charge in [-0.15, -0.1) is 0 Å². The van der Waals surface area contributed by atoms with Crippen molar-refractivity contribution in [2.45, 2.75) is 38.4 Å². The van der Waals surface area contributed by atoms with Gasteiger partial charge in [-0.2, -0.15) is 0 Å². The first kappa shape index (κ1) is 15.2. The molecule has 18 heavy (non-hydrogen) atoms. The summed E-state index contributed by atoms with van der Waals surface area (Å²) < 4.78 is 0. The third-order valence-corrected chi connectivity index (χ3v) is 4.48. The van der Waals surface area contributed by atoms with E-state index in [0.29, 0.717) is 23.7 Å². The maximum absolute atomic E-state index is 11.7. The Kier molecular flexibility index (Phi) is 6.41. The fraction of sp³-hybridized carbons (Fsp3) is 0.533. The topological polar surface area (TPSA) is 29.1 Å². The summed E-state index contributed by atoms with van der Waals surface area (Å²) in [6.07, 6.45) is 1.37. The van der Waals surface area contributed by atoms with E-state index in [2.05, 4.69) is 54.2 Å². The minimum Gasteiger partial charge on any atom is -0.355 e. The minimum atomic E-state index is 0.128. The van der Waals surface area contributed by atoms with Crippen LogP contribution in [0.25, 0.3) is 0 Å². The summed E-state index contributed by atoms with van der Waals surface area (Å²) in [5.41, 5.74) is 2.51. The average molecular weight is 312 g/mol. The molecule has 0 heterocycles. The average Bonchev–Trinajstić information content (AvgIpc) is 2.34. The van der Waals surface area contributed by atoms with Crippen molar-refractivity contribution in [3.8, 4) is 0 Å². The second-order valence-corrected chi connectivity index (χ2v) is 6.17. The second-order valence-electron chi connectivity index (χ2n) is 4.99. The van der Waals surface area contributed by atoms with Crippen molar-refractivity contribution in [2.75, 3.05) is 6.54 Å². The number of hydrogen-bond donors (Lipinski definition) is 1. The van der Waals surface area contributed by atoms with Crippen molar-refractivity contribution >= 4 is 21.8 Å². The van der Waals surface area contributed by atoms with Crippen molar-refractivity contribution in [1.29, 1.82) is 0 Å². The van der Waals surface area contributed by atoms with Gasteiger partial charge in [0.15, 0.2) is 0 Å². The van der Waals surface area contributed by atoms with E-state index >= 15 is 0 Å². The molecular weight excluding hydrogens is 290 g/mol. The molecule has 0 saturated carbocycles. The first-order valence-electron chi connectivity index (χ1n) is 6.46. The maximum atomic E-state index is 11.7. The number of nitrogens with one attached hydrogen (secondary N) is 1. The molecule has 0 aliphatic carbocycles. The fourth-order valence-electron chi connectivity index (χ4n) is 1.67. The van der Waals surface area contributed by atoms with Gasteiger partial charge >= 0.3 is 0 Å². The maximum Gasteiger partial charge on any atom is 0.220 e. The van der Waals surface area contributed by atoms with Gasteiger partial charge in [0.05, 0.1) is 0 Å². The molecule has 3 heteroatoms. The standard InChI is InChI=1S/C15H22BrNO/c1-11(2)14(16)10-17-15(18)9-8-13-7-5-4-6-12(13)3/h4-7,11,14H,8-10H2,1-3H3,(H,17,18). The lowest BCUT2D eigenvalue weighted by atomic mass is 10.0. The summed E-state index contributed by atoms with van der Waals surface area (Å²) in [5.74, 6) is 0.657. The Morgan fingerprint density at radius 2 is 2.00 bits per heavy atom. The third-order valence-electron chi connectivity index (χ3n) is 3.10. The molecule has 0 fully saturated rings. The highest BCUT2D eigenvalue weighted by molar-refractivity contribution is 9.09. The number of aryl methyl sites for hydroxylation is 2. The minimum absolute atomic E-state index is 0.128. The Bertz CT molecular complexity index is 390. The predicted octanol–water partition coefficient (Wildman–Crippen LogP) is 3.46. The summed E-state index contributed by atoms with van der Waals surface area (Å²) in [4.78, 5) is 12.1. The Morgan fingerprint density at radius 1 is 1.33 bits per heavy atom. The summed E-state index contributed by atoms with van der Waals surface area (Å²) >= 11 is 3.56. The molecule has 0 radical (unpaired) electrons. The summed E-state index contributed by atoms with van der Waals surface area (Å²) in [6.45, 7) is 7.06. The molecule has 1 atom stereocenters. The van der Waals surface area contributed by atoms with Gasteiger partial charge in [0, 0.05) is 17.8 Å². The highest BCUT2D eigenvalue weighted by Crippen LogP contribution is 2.11. The van der Waals surface area contributed by atoms with E-state index in [1.807, 2.05) is 12.1 Å². The van der Waals surface area contributed by atoms with Gasteiger partial charge in [-0.05, 0) is 30.4 Å². The van der Waals surface area contributed by atoms with E-state index in [1.54, 1.807) is 0 Å². The molecule has 1 N–H and O–H groups in total. The molecule has 1 aromatic carbocycles. The van der Waals surface area contributed by atoms with Gasteiger partial charge in [-0.1, -0.05) is 54.0 Å². The van der Waals surface area contributed by atoms with E-state index in [0.717, 1.165) is 6.42 Å². The van der Waals surface area contributed by atoms with E-state index in [-0.39, 0.29) is 5.91 Å². The van der Waals surface area contributed by atoms with Crippen LogP contribution in [-0.2, 0) is 11.2 Å². The first-order valence-corrected chi connectivity index (χ1v) is 7.37. The number of alkyl halides is 1. The number of hydrogen-bond acceptors (Lipinski definition) is 1. The number of benzene rings is 1. The third kappa shape index (κ3) is 5.21. The van der Waals surface area contributed by atoms with Crippen molar-refractivity contribution in [3.63, 3.8) is 0 Å². The number of rotatable bonds is 6. The normalized spacial score (nSPS) is 12.5. The molecule has 1 rings (SSSR count). The summed E-state index contributed by atoms with van der Waals surface area (Å²) in [5, 5.41) is 2.97. The molecule has 0 aliphatic heterocycles. The molecule has 100 valence electrons. The molecule has 0 aromatic heterocycles. The Hall–Kier alpha value is -0.830. The number of carbonyl (C=O) groups is 1. The Morgan fingerprint density at radius 3 is 2.61 bits per heavy atom. The summed E-state index contributed by atoms with van der Waals surface area (Å²) in [7, 11) is 0.